The first-order chi connectivity index (χ1) is 11.1. The lowest BCUT2D eigenvalue weighted by Crippen LogP contribution is -2.32. The van der Waals surface area contributed by atoms with Crippen LogP contribution in [0.3, 0.4) is 0 Å². The Morgan fingerprint density at radius 2 is 1.52 bits per heavy atom. The number of ketones is 2. The molecule has 1 heterocycles. The number of nitrogens with zero attached hydrogens (tertiary/aromatic N) is 3. The molecule has 23 heavy (non-hydrogen) atoms. The molecule has 0 saturated carbocycles. The predicted octanol–water partition coefficient (Wildman–Crippen LogP) is 2.81. The Morgan fingerprint density at radius 3 is 2.17 bits per heavy atom. The van der Waals surface area contributed by atoms with Gasteiger partial charge in [-0.1, -0.05) is 47.7 Å². The van der Waals surface area contributed by atoms with Crippen molar-refractivity contribution in [1.29, 1.82) is 0 Å². The maximum absolute atomic E-state index is 12.1. The molecule has 3 rings (SSSR count). The zero-order valence-corrected chi connectivity index (χ0v) is 13.0. The smallest absolute Gasteiger partial charge is 0.142 e. The van der Waals surface area contributed by atoms with E-state index in [1.165, 1.54) is 13.8 Å². The molecule has 0 N–H and O–H groups in total. The van der Waals surface area contributed by atoms with Gasteiger partial charge in [0.15, 0.2) is 0 Å². The monoisotopic (exact) mass is 307 g/mol. The molecule has 0 aliphatic carbocycles. The van der Waals surface area contributed by atoms with Gasteiger partial charge in [0.2, 0.25) is 0 Å². The van der Waals surface area contributed by atoms with Crippen molar-refractivity contribution in [2.45, 2.75) is 19.9 Å². The molecule has 0 spiro atoms. The van der Waals surface area contributed by atoms with E-state index in [4.69, 9.17) is 0 Å². The number of aromatic nitrogens is 3. The van der Waals surface area contributed by atoms with Crippen LogP contribution in [0.2, 0.25) is 0 Å². The Balaban J connectivity index is 2.23. The van der Waals surface area contributed by atoms with Crippen LogP contribution in [0.15, 0.2) is 54.6 Å². The topological polar surface area (TPSA) is 64.8 Å². The number of carbonyl (C=O) groups excluding carboxylic acids is 2. The van der Waals surface area contributed by atoms with Crippen LogP contribution in [-0.4, -0.2) is 26.6 Å². The summed E-state index contributed by atoms with van der Waals surface area (Å²) in [6.07, 6.45) is 0. The zero-order valence-electron chi connectivity index (χ0n) is 13.0. The van der Waals surface area contributed by atoms with Crippen LogP contribution in [0.1, 0.15) is 25.5 Å². The average molecular weight is 307 g/mol. The SMILES string of the molecule is CC(=O)C(C(C)=O)C(c1ccccc1)n1nnc2ccccc21. The summed E-state index contributed by atoms with van der Waals surface area (Å²) in [5.74, 6) is -1.14. The van der Waals surface area contributed by atoms with Crippen molar-refractivity contribution in [2.24, 2.45) is 5.92 Å². The number of fused-ring (bicyclic) bond motifs is 1. The van der Waals surface area contributed by atoms with Gasteiger partial charge in [-0.25, -0.2) is 4.68 Å². The molecular formula is C18H17N3O2. The van der Waals surface area contributed by atoms with Gasteiger partial charge in [-0.15, -0.1) is 5.10 Å². The standard InChI is InChI=1S/C18H17N3O2/c1-12(22)17(13(2)23)18(14-8-4-3-5-9-14)21-16-11-7-6-10-15(16)19-20-21/h3-11,17-18H,1-2H3. The van der Waals surface area contributed by atoms with Crippen molar-refractivity contribution in [2.75, 3.05) is 0 Å². The lowest BCUT2D eigenvalue weighted by atomic mass is 9.87. The van der Waals surface area contributed by atoms with Crippen LogP contribution in [0, 0.1) is 5.92 Å². The van der Waals surface area contributed by atoms with E-state index in [1.54, 1.807) is 4.68 Å². The molecule has 0 fully saturated rings. The Hall–Kier alpha value is -2.82. The molecule has 116 valence electrons. The highest BCUT2D eigenvalue weighted by Crippen LogP contribution is 2.30. The summed E-state index contributed by atoms with van der Waals surface area (Å²) >= 11 is 0. The molecule has 1 atom stereocenters. The van der Waals surface area contributed by atoms with Crippen molar-refractivity contribution in [3.63, 3.8) is 0 Å². The molecule has 5 heteroatoms. The second-order valence-corrected chi connectivity index (χ2v) is 5.58. The van der Waals surface area contributed by atoms with Crippen LogP contribution >= 0.6 is 0 Å². The highest BCUT2D eigenvalue weighted by Gasteiger charge is 2.34. The van der Waals surface area contributed by atoms with Crippen molar-refractivity contribution in [3.05, 3.63) is 60.2 Å². The van der Waals surface area contributed by atoms with E-state index in [9.17, 15) is 9.59 Å². The second-order valence-electron chi connectivity index (χ2n) is 5.58. The fraction of sp³-hybridized carbons (Fsp3) is 0.222. The minimum atomic E-state index is -0.789. The lowest BCUT2D eigenvalue weighted by Gasteiger charge is -2.24. The lowest BCUT2D eigenvalue weighted by molar-refractivity contribution is -0.131. The molecule has 2 aromatic carbocycles. The molecule has 0 aliphatic rings. The fourth-order valence-corrected chi connectivity index (χ4v) is 2.95. The summed E-state index contributed by atoms with van der Waals surface area (Å²) in [5, 5.41) is 8.38. The van der Waals surface area contributed by atoms with Gasteiger partial charge in [-0.3, -0.25) is 9.59 Å². The summed E-state index contributed by atoms with van der Waals surface area (Å²) in [7, 11) is 0. The van der Waals surface area contributed by atoms with Gasteiger partial charge in [0.05, 0.1) is 11.6 Å². The Morgan fingerprint density at radius 1 is 0.913 bits per heavy atom. The normalized spacial score (nSPS) is 12.5. The third-order valence-corrected chi connectivity index (χ3v) is 3.97. The van der Waals surface area contributed by atoms with E-state index in [2.05, 4.69) is 10.3 Å². The summed E-state index contributed by atoms with van der Waals surface area (Å²) in [4.78, 5) is 24.3. The first-order valence-electron chi connectivity index (χ1n) is 7.45. The summed E-state index contributed by atoms with van der Waals surface area (Å²) < 4.78 is 1.68. The van der Waals surface area contributed by atoms with E-state index in [0.29, 0.717) is 0 Å². The number of hydrogen-bond donors (Lipinski definition) is 0. The van der Waals surface area contributed by atoms with Crippen LogP contribution in [-0.2, 0) is 9.59 Å². The number of para-hydroxylation sites is 1. The maximum Gasteiger partial charge on any atom is 0.142 e. The van der Waals surface area contributed by atoms with E-state index in [0.717, 1.165) is 16.6 Å². The summed E-state index contributed by atoms with van der Waals surface area (Å²) in [5.41, 5.74) is 2.40. The molecule has 5 nitrogen and oxygen atoms in total. The molecule has 0 amide bonds. The minimum absolute atomic E-state index is 0.175. The van der Waals surface area contributed by atoms with Gasteiger partial charge < -0.3 is 0 Å². The molecular weight excluding hydrogens is 290 g/mol. The van der Waals surface area contributed by atoms with Crippen LogP contribution in [0.25, 0.3) is 11.0 Å². The highest BCUT2D eigenvalue weighted by molar-refractivity contribution is 6.01. The second kappa shape index (κ2) is 6.12. The van der Waals surface area contributed by atoms with Gasteiger partial charge >= 0.3 is 0 Å². The minimum Gasteiger partial charge on any atom is -0.299 e. The zero-order chi connectivity index (χ0) is 16.4. The van der Waals surface area contributed by atoms with Crippen LogP contribution < -0.4 is 0 Å². The quantitative estimate of drug-likeness (QED) is 0.680. The first kappa shape index (κ1) is 15.1. The molecule has 1 unspecified atom stereocenters. The Labute approximate surface area is 133 Å². The van der Waals surface area contributed by atoms with E-state index in [-0.39, 0.29) is 11.6 Å². The van der Waals surface area contributed by atoms with E-state index in [1.807, 2.05) is 54.6 Å². The van der Waals surface area contributed by atoms with E-state index >= 15 is 0 Å². The van der Waals surface area contributed by atoms with Crippen LogP contribution in [0.5, 0.6) is 0 Å². The van der Waals surface area contributed by atoms with E-state index < -0.39 is 12.0 Å². The predicted molar refractivity (Wildman–Crippen MR) is 87.0 cm³/mol. The first-order valence-corrected chi connectivity index (χ1v) is 7.45. The third kappa shape index (κ3) is 2.77. The fourth-order valence-electron chi connectivity index (χ4n) is 2.95. The van der Waals surface area contributed by atoms with Gasteiger partial charge in [-0.05, 0) is 31.5 Å². The van der Waals surface area contributed by atoms with Gasteiger partial charge in [0.1, 0.15) is 23.0 Å². The van der Waals surface area contributed by atoms with Crippen molar-refractivity contribution in [3.8, 4) is 0 Å². The molecule has 0 bridgehead atoms. The number of rotatable bonds is 5. The van der Waals surface area contributed by atoms with Gasteiger partial charge in [0.25, 0.3) is 0 Å². The molecule has 3 aromatic rings. The summed E-state index contributed by atoms with van der Waals surface area (Å²) in [6, 6.07) is 16.5. The summed E-state index contributed by atoms with van der Waals surface area (Å²) in [6.45, 7) is 2.89. The number of benzene rings is 2. The van der Waals surface area contributed by atoms with Crippen molar-refractivity contribution >= 4 is 22.6 Å². The third-order valence-electron chi connectivity index (χ3n) is 3.97. The maximum atomic E-state index is 12.1. The average Bonchev–Trinajstić information content (AvgIpc) is 2.96. The highest BCUT2D eigenvalue weighted by atomic mass is 16.1. The Kier molecular flexibility index (Phi) is 4.02. The van der Waals surface area contributed by atoms with Gasteiger partial charge in [-0.2, -0.15) is 0 Å². The number of hydrogen-bond acceptors (Lipinski definition) is 4. The van der Waals surface area contributed by atoms with Gasteiger partial charge in [0, 0.05) is 0 Å². The Bertz CT molecular complexity index is 841. The largest absolute Gasteiger partial charge is 0.299 e. The van der Waals surface area contributed by atoms with Crippen molar-refractivity contribution < 1.29 is 9.59 Å². The van der Waals surface area contributed by atoms with Crippen molar-refractivity contribution in [1.82, 2.24) is 15.0 Å². The molecule has 0 aliphatic heterocycles. The molecule has 1 aromatic heterocycles. The number of Topliss-reactive ketones (excluding diaryl/α,β-unsaturated/α-hetero) is 2. The molecule has 0 saturated heterocycles. The van der Waals surface area contributed by atoms with Crippen LogP contribution in [0.4, 0.5) is 0 Å². The number of carbonyl (C=O) groups is 2. The molecule has 0 radical (unpaired) electrons.